The third-order valence-corrected chi connectivity index (χ3v) is 5.13. The van der Waals surface area contributed by atoms with E-state index in [0.29, 0.717) is 6.54 Å². The number of likely N-dealkylation sites (tertiary alicyclic amines) is 1. The Balaban J connectivity index is 1.52. The van der Waals surface area contributed by atoms with Gasteiger partial charge in [0.05, 0.1) is 18.4 Å². The van der Waals surface area contributed by atoms with Crippen LogP contribution in [0.4, 0.5) is 11.8 Å². The highest BCUT2D eigenvalue weighted by atomic mass is 15.3. The lowest BCUT2D eigenvalue weighted by Crippen LogP contribution is -2.18. The van der Waals surface area contributed by atoms with Gasteiger partial charge in [0.15, 0.2) is 5.82 Å². The molecule has 3 aromatic rings. The largest absolute Gasteiger partial charge is 0.368 e. The van der Waals surface area contributed by atoms with Gasteiger partial charge in [0, 0.05) is 19.3 Å². The highest BCUT2D eigenvalue weighted by Gasteiger charge is 2.14. The maximum absolute atomic E-state index is 5.86. The molecule has 1 aliphatic heterocycles. The molecule has 3 N–H and O–H groups in total. The van der Waals surface area contributed by atoms with Crippen LogP contribution in [-0.2, 0) is 13.1 Å². The second kappa shape index (κ2) is 8.52. The summed E-state index contributed by atoms with van der Waals surface area (Å²) in [7, 11) is 0. The number of rotatable bonds is 8. The van der Waals surface area contributed by atoms with Crippen LogP contribution in [0, 0.1) is 0 Å². The van der Waals surface area contributed by atoms with Crippen molar-refractivity contribution >= 4 is 22.8 Å². The van der Waals surface area contributed by atoms with Gasteiger partial charge < -0.3 is 11.1 Å². The summed E-state index contributed by atoms with van der Waals surface area (Å²) in [5.41, 5.74) is 9.70. The molecule has 8 heteroatoms. The average Bonchev–Trinajstić information content (AvgIpc) is 3.33. The van der Waals surface area contributed by atoms with E-state index in [9.17, 15) is 0 Å². The molecule has 28 heavy (non-hydrogen) atoms. The van der Waals surface area contributed by atoms with Crippen molar-refractivity contribution in [2.24, 2.45) is 0 Å². The van der Waals surface area contributed by atoms with Crippen LogP contribution >= 0.6 is 0 Å². The fourth-order valence-corrected chi connectivity index (χ4v) is 3.64. The summed E-state index contributed by atoms with van der Waals surface area (Å²) >= 11 is 0. The summed E-state index contributed by atoms with van der Waals surface area (Å²) in [5.74, 6) is 0.995. The molecule has 0 radical (unpaired) electrons. The molecule has 0 atom stereocenters. The Morgan fingerprint density at radius 1 is 1.11 bits per heavy atom. The highest BCUT2D eigenvalue weighted by Crippen LogP contribution is 2.22. The number of nitrogens with two attached hydrogens (primary N) is 1. The van der Waals surface area contributed by atoms with E-state index < -0.39 is 0 Å². The van der Waals surface area contributed by atoms with Gasteiger partial charge in [0.2, 0.25) is 5.95 Å². The molecule has 1 fully saturated rings. The van der Waals surface area contributed by atoms with Crippen molar-refractivity contribution in [3.8, 4) is 0 Å². The molecule has 0 unspecified atom stereocenters. The van der Waals surface area contributed by atoms with Crippen molar-refractivity contribution in [1.29, 1.82) is 0 Å². The summed E-state index contributed by atoms with van der Waals surface area (Å²) in [6, 6.07) is 4.25. The van der Waals surface area contributed by atoms with Crippen molar-refractivity contribution < 1.29 is 0 Å². The average molecular weight is 381 g/mol. The van der Waals surface area contributed by atoms with E-state index >= 15 is 0 Å². The highest BCUT2D eigenvalue weighted by molar-refractivity contribution is 5.86. The maximum Gasteiger partial charge on any atom is 0.222 e. The zero-order chi connectivity index (χ0) is 19.3. The Labute approximate surface area is 165 Å². The smallest absolute Gasteiger partial charge is 0.222 e. The SMILES string of the molecule is CCCCNc1nc(N)nc2cnn(Cc3ccc(CN4CCCC4)cn3)c12. The molecular formula is C20H28N8. The molecular weight excluding hydrogens is 352 g/mol. The molecule has 0 aliphatic carbocycles. The predicted molar refractivity (Wildman–Crippen MR) is 111 cm³/mol. The Hall–Kier alpha value is -2.74. The second-order valence-corrected chi connectivity index (χ2v) is 7.39. The van der Waals surface area contributed by atoms with E-state index in [2.05, 4.69) is 49.3 Å². The van der Waals surface area contributed by atoms with Gasteiger partial charge in [0.25, 0.3) is 0 Å². The monoisotopic (exact) mass is 380 g/mol. The van der Waals surface area contributed by atoms with Crippen molar-refractivity contribution in [2.75, 3.05) is 30.7 Å². The summed E-state index contributed by atoms with van der Waals surface area (Å²) in [4.78, 5) is 15.8. The van der Waals surface area contributed by atoms with Crippen LogP contribution in [0.15, 0.2) is 24.5 Å². The Morgan fingerprint density at radius 2 is 1.96 bits per heavy atom. The second-order valence-electron chi connectivity index (χ2n) is 7.39. The molecule has 4 rings (SSSR count). The number of fused-ring (bicyclic) bond motifs is 1. The minimum absolute atomic E-state index is 0.260. The van der Waals surface area contributed by atoms with Crippen molar-refractivity contribution in [3.63, 3.8) is 0 Å². The summed E-state index contributed by atoms with van der Waals surface area (Å²) in [5, 5.41) is 7.87. The number of hydrogen-bond donors (Lipinski definition) is 2. The zero-order valence-electron chi connectivity index (χ0n) is 16.4. The summed E-state index contributed by atoms with van der Waals surface area (Å²) in [6.07, 6.45) is 8.51. The Morgan fingerprint density at radius 3 is 2.71 bits per heavy atom. The topological polar surface area (TPSA) is 97.8 Å². The van der Waals surface area contributed by atoms with Gasteiger partial charge in [-0.05, 0) is 44.0 Å². The quantitative estimate of drug-likeness (QED) is 0.580. The lowest BCUT2D eigenvalue weighted by molar-refractivity contribution is 0.331. The van der Waals surface area contributed by atoms with Crippen molar-refractivity contribution in [1.82, 2.24) is 29.6 Å². The third kappa shape index (κ3) is 4.22. The molecule has 1 saturated heterocycles. The van der Waals surface area contributed by atoms with Gasteiger partial charge in [-0.1, -0.05) is 19.4 Å². The predicted octanol–water partition coefficient (Wildman–Crippen LogP) is 2.66. The van der Waals surface area contributed by atoms with E-state index in [0.717, 1.165) is 48.5 Å². The van der Waals surface area contributed by atoms with Gasteiger partial charge in [-0.15, -0.1) is 0 Å². The first-order valence-electron chi connectivity index (χ1n) is 10.1. The number of pyridine rings is 1. The number of anilines is 2. The van der Waals surface area contributed by atoms with Crippen LogP contribution in [-0.4, -0.2) is 49.3 Å². The number of nitrogens with one attached hydrogen (secondary N) is 1. The first-order valence-corrected chi connectivity index (χ1v) is 10.1. The molecule has 0 aromatic carbocycles. The van der Waals surface area contributed by atoms with Crippen molar-refractivity contribution in [3.05, 3.63) is 35.8 Å². The van der Waals surface area contributed by atoms with Gasteiger partial charge in [0.1, 0.15) is 11.0 Å². The fraction of sp³-hybridized carbons (Fsp3) is 0.500. The first-order chi connectivity index (χ1) is 13.7. The Kier molecular flexibility index (Phi) is 5.66. The molecule has 0 saturated carbocycles. The lowest BCUT2D eigenvalue weighted by atomic mass is 10.2. The molecule has 0 bridgehead atoms. The number of unbranched alkanes of at least 4 members (excludes halogenated alkanes) is 1. The van der Waals surface area contributed by atoms with Crippen LogP contribution in [0.25, 0.3) is 11.0 Å². The standard InChI is InChI=1S/C20H28N8/c1-2-3-8-22-19-18-17(25-20(21)26-19)12-24-28(18)14-16-7-6-15(11-23-16)13-27-9-4-5-10-27/h6-7,11-12H,2-5,8-10,13-14H2,1H3,(H3,21,22,25,26). The molecule has 0 spiro atoms. The number of aromatic nitrogens is 5. The molecule has 0 amide bonds. The van der Waals surface area contributed by atoms with Crippen LogP contribution in [0.5, 0.6) is 0 Å². The molecule has 8 nitrogen and oxygen atoms in total. The van der Waals surface area contributed by atoms with Gasteiger partial charge >= 0.3 is 0 Å². The minimum atomic E-state index is 0.260. The third-order valence-electron chi connectivity index (χ3n) is 5.13. The molecule has 3 aromatic heterocycles. The van der Waals surface area contributed by atoms with E-state index in [1.807, 2.05) is 10.9 Å². The number of nitrogens with zero attached hydrogens (tertiary/aromatic N) is 6. The summed E-state index contributed by atoms with van der Waals surface area (Å²) < 4.78 is 1.89. The zero-order valence-corrected chi connectivity index (χ0v) is 16.4. The summed E-state index contributed by atoms with van der Waals surface area (Å²) in [6.45, 7) is 6.95. The lowest BCUT2D eigenvalue weighted by Gasteiger charge is -2.14. The van der Waals surface area contributed by atoms with Crippen LogP contribution in [0.2, 0.25) is 0 Å². The number of hydrogen-bond acceptors (Lipinski definition) is 7. The molecule has 1 aliphatic rings. The Bertz CT molecular complexity index is 912. The van der Waals surface area contributed by atoms with Crippen LogP contribution < -0.4 is 11.1 Å². The van der Waals surface area contributed by atoms with Gasteiger partial charge in [-0.3, -0.25) is 14.6 Å². The number of nitrogen functional groups attached to an aromatic ring is 1. The van der Waals surface area contributed by atoms with E-state index in [1.54, 1.807) is 6.20 Å². The van der Waals surface area contributed by atoms with Crippen LogP contribution in [0.1, 0.15) is 43.9 Å². The first kappa shape index (κ1) is 18.6. The van der Waals surface area contributed by atoms with E-state index in [4.69, 9.17) is 5.73 Å². The van der Waals surface area contributed by atoms with E-state index in [1.165, 1.54) is 31.5 Å². The molecule has 148 valence electrons. The maximum atomic E-state index is 5.86. The van der Waals surface area contributed by atoms with E-state index in [-0.39, 0.29) is 5.95 Å². The van der Waals surface area contributed by atoms with Crippen LogP contribution in [0.3, 0.4) is 0 Å². The minimum Gasteiger partial charge on any atom is -0.368 e. The van der Waals surface area contributed by atoms with Gasteiger partial charge in [-0.2, -0.15) is 10.1 Å². The molecule has 4 heterocycles. The normalized spacial score (nSPS) is 14.8. The fourth-order valence-electron chi connectivity index (χ4n) is 3.64. The van der Waals surface area contributed by atoms with Gasteiger partial charge in [-0.25, -0.2) is 4.98 Å². The van der Waals surface area contributed by atoms with Crippen molar-refractivity contribution in [2.45, 2.75) is 45.7 Å².